The van der Waals surface area contributed by atoms with E-state index in [9.17, 15) is 13.6 Å². The van der Waals surface area contributed by atoms with Gasteiger partial charge in [-0.25, -0.2) is 13.8 Å². The Morgan fingerprint density at radius 3 is 2.34 bits per heavy atom. The number of halogens is 2. The van der Waals surface area contributed by atoms with Crippen LogP contribution in [0.2, 0.25) is 0 Å². The average molecular weight is 529 g/mol. The number of carbonyl (C=O) groups is 1. The molecule has 5 nitrogen and oxygen atoms in total. The maximum atomic E-state index is 14.0. The minimum absolute atomic E-state index is 0.0529. The van der Waals surface area contributed by atoms with Crippen molar-refractivity contribution in [3.05, 3.63) is 120 Å². The van der Waals surface area contributed by atoms with Crippen molar-refractivity contribution >= 4 is 22.2 Å². The maximum Gasteiger partial charge on any atom is 0.256 e. The zero-order valence-corrected chi connectivity index (χ0v) is 21.1. The normalized spacial score (nSPS) is 10.7. The smallest absolute Gasteiger partial charge is 0.256 e. The third kappa shape index (κ3) is 5.55. The summed E-state index contributed by atoms with van der Waals surface area (Å²) in [6, 6.07) is 26.6. The van der Waals surface area contributed by atoms with Crippen LogP contribution >= 0.6 is 11.3 Å². The number of amides is 1. The van der Waals surface area contributed by atoms with Gasteiger partial charge in [0.2, 0.25) is 0 Å². The number of nitrogens with one attached hydrogen (secondary N) is 1. The third-order valence-electron chi connectivity index (χ3n) is 5.76. The first-order valence-corrected chi connectivity index (χ1v) is 12.5. The monoisotopic (exact) mass is 528 g/mol. The summed E-state index contributed by atoms with van der Waals surface area (Å²) in [7, 11) is 1.53. The van der Waals surface area contributed by atoms with Crippen LogP contribution in [0.4, 0.5) is 13.8 Å². The standard InChI is InChI=1S/C30H22F2N2O3S/c1-36-26-17-21(13-16-25(26)37-18-22-9-5-6-10-24(22)32)29-33-27(19-7-3-2-4-8-19)30(38-29)34-28(35)20-11-14-23(31)15-12-20/h2-17H,18H2,1H3,(H,34,35). The highest BCUT2D eigenvalue weighted by Crippen LogP contribution is 2.40. The minimum atomic E-state index is -0.415. The number of ether oxygens (including phenoxy) is 2. The van der Waals surface area contributed by atoms with Crippen LogP contribution < -0.4 is 14.8 Å². The van der Waals surface area contributed by atoms with Crippen LogP contribution in [-0.2, 0) is 6.61 Å². The van der Waals surface area contributed by atoms with Gasteiger partial charge in [-0.15, -0.1) is 0 Å². The fraction of sp³-hybridized carbons (Fsp3) is 0.0667. The van der Waals surface area contributed by atoms with Gasteiger partial charge in [0, 0.05) is 22.3 Å². The number of hydrogen-bond donors (Lipinski definition) is 1. The summed E-state index contributed by atoms with van der Waals surface area (Å²) < 4.78 is 38.7. The summed E-state index contributed by atoms with van der Waals surface area (Å²) in [5, 5.41) is 4.13. The van der Waals surface area contributed by atoms with Gasteiger partial charge in [-0.2, -0.15) is 0 Å². The number of rotatable bonds is 8. The van der Waals surface area contributed by atoms with Crippen LogP contribution in [0.15, 0.2) is 97.1 Å². The van der Waals surface area contributed by atoms with Crippen LogP contribution in [0.1, 0.15) is 15.9 Å². The van der Waals surface area contributed by atoms with Gasteiger partial charge in [0.1, 0.15) is 33.9 Å². The maximum absolute atomic E-state index is 14.0. The predicted molar refractivity (Wildman–Crippen MR) is 145 cm³/mol. The third-order valence-corrected chi connectivity index (χ3v) is 6.78. The number of aromatic nitrogens is 1. The van der Waals surface area contributed by atoms with E-state index in [1.165, 1.54) is 48.8 Å². The first kappa shape index (κ1) is 25.1. The van der Waals surface area contributed by atoms with Gasteiger partial charge in [0.15, 0.2) is 11.5 Å². The van der Waals surface area contributed by atoms with Crippen molar-refractivity contribution in [3.8, 4) is 33.3 Å². The van der Waals surface area contributed by atoms with Crippen molar-refractivity contribution in [1.82, 2.24) is 4.98 Å². The fourth-order valence-electron chi connectivity index (χ4n) is 3.79. The summed E-state index contributed by atoms with van der Waals surface area (Å²) in [4.78, 5) is 17.7. The Kier molecular flexibility index (Phi) is 7.42. The van der Waals surface area contributed by atoms with Gasteiger partial charge in [-0.3, -0.25) is 4.79 Å². The molecule has 8 heteroatoms. The van der Waals surface area contributed by atoms with Crippen molar-refractivity contribution in [2.75, 3.05) is 12.4 Å². The lowest BCUT2D eigenvalue weighted by Gasteiger charge is -2.12. The molecular formula is C30H22F2N2O3S. The molecule has 5 rings (SSSR count). The zero-order chi connectivity index (χ0) is 26.5. The largest absolute Gasteiger partial charge is 0.493 e. The Morgan fingerprint density at radius 1 is 0.868 bits per heavy atom. The Morgan fingerprint density at radius 2 is 1.61 bits per heavy atom. The van der Waals surface area contributed by atoms with Gasteiger partial charge in [-0.1, -0.05) is 59.9 Å². The number of thiazole rings is 1. The van der Waals surface area contributed by atoms with Crippen LogP contribution in [0, 0.1) is 11.6 Å². The van der Waals surface area contributed by atoms with Crippen LogP contribution in [-0.4, -0.2) is 18.0 Å². The second-order valence-electron chi connectivity index (χ2n) is 8.27. The van der Waals surface area contributed by atoms with Gasteiger partial charge >= 0.3 is 0 Å². The molecular weight excluding hydrogens is 506 g/mol. The minimum Gasteiger partial charge on any atom is -0.493 e. The van der Waals surface area contributed by atoms with Gasteiger partial charge in [-0.05, 0) is 48.5 Å². The topological polar surface area (TPSA) is 60.5 Å². The predicted octanol–water partition coefficient (Wildman–Crippen LogP) is 7.60. The van der Waals surface area contributed by atoms with Crippen molar-refractivity contribution in [2.24, 2.45) is 0 Å². The number of hydrogen-bond acceptors (Lipinski definition) is 5. The van der Waals surface area contributed by atoms with E-state index in [1.54, 1.807) is 30.3 Å². The van der Waals surface area contributed by atoms with E-state index in [4.69, 9.17) is 14.5 Å². The molecule has 0 bridgehead atoms. The molecule has 0 spiro atoms. The van der Waals surface area contributed by atoms with Crippen molar-refractivity contribution < 1.29 is 23.0 Å². The van der Waals surface area contributed by atoms with Crippen molar-refractivity contribution in [2.45, 2.75) is 6.61 Å². The number of methoxy groups -OCH3 is 1. The molecule has 0 saturated carbocycles. The highest BCUT2D eigenvalue weighted by Gasteiger charge is 2.19. The van der Waals surface area contributed by atoms with E-state index in [0.717, 1.165) is 11.1 Å². The Hall–Kier alpha value is -4.56. The lowest BCUT2D eigenvalue weighted by molar-refractivity contribution is 0.102. The van der Waals surface area contributed by atoms with E-state index >= 15 is 0 Å². The fourth-order valence-corrected chi connectivity index (χ4v) is 4.77. The molecule has 0 saturated heterocycles. The van der Waals surface area contributed by atoms with Crippen molar-refractivity contribution in [1.29, 1.82) is 0 Å². The van der Waals surface area contributed by atoms with Gasteiger partial charge in [0.05, 0.1) is 7.11 Å². The Bertz CT molecular complexity index is 1570. The molecule has 1 heterocycles. The number of anilines is 1. The molecule has 5 aromatic rings. The van der Waals surface area contributed by atoms with E-state index in [1.807, 2.05) is 36.4 Å². The second-order valence-corrected chi connectivity index (χ2v) is 9.27. The highest BCUT2D eigenvalue weighted by atomic mass is 32.1. The summed E-state index contributed by atoms with van der Waals surface area (Å²) in [6.45, 7) is 0.0529. The van der Waals surface area contributed by atoms with E-state index in [0.29, 0.717) is 38.3 Å². The first-order valence-electron chi connectivity index (χ1n) is 11.7. The van der Waals surface area contributed by atoms with Gasteiger partial charge in [0.25, 0.3) is 5.91 Å². The molecule has 0 fully saturated rings. The molecule has 1 aromatic heterocycles. The molecule has 0 aliphatic carbocycles. The second kappa shape index (κ2) is 11.2. The van der Waals surface area contributed by atoms with Crippen LogP contribution in [0.25, 0.3) is 21.8 Å². The number of benzene rings is 4. The summed E-state index contributed by atoms with van der Waals surface area (Å²) in [6.07, 6.45) is 0. The molecule has 38 heavy (non-hydrogen) atoms. The zero-order valence-electron chi connectivity index (χ0n) is 20.3. The Balaban J connectivity index is 1.45. The molecule has 1 N–H and O–H groups in total. The Labute approximate surface area is 222 Å². The highest BCUT2D eigenvalue weighted by molar-refractivity contribution is 7.19. The van der Waals surface area contributed by atoms with E-state index < -0.39 is 5.82 Å². The molecule has 0 unspecified atom stereocenters. The first-order chi connectivity index (χ1) is 18.5. The summed E-state index contributed by atoms with van der Waals surface area (Å²) >= 11 is 1.31. The molecule has 0 atom stereocenters. The van der Waals surface area contributed by atoms with Crippen LogP contribution in [0.3, 0.4) is 0 Å². The molecule has 1 amide bonds. The van der Waals surface area contributed by atoms with E-state index in [2.05, 4.69) is 5.32 Å². The number of carbonyl (C=O) groups excluding carboxylic acids is 1. The lowest BCUT2D eigenvalue weighted by Crippen LogP contribution is -2.11. The molecule has 4 aromatic carbocycles. The number of nitrogens with zero attached hydrogens (tertiary/aromatic N) is 1. The quantitative estimate of drug-likeness (QED) is 0.225. The van der Waals surface area contributed by atoms with E-state index in [-0.39, 0.29) is 18.3 Å². The molecule has 0 radical (unpaired) electrons. The van der Waals surface area contributed by atoms with Crippen LogP contribution in [0.5, 0.6) is 11.5 Å². The van der Waals surface area contributed by atoms with Crippen molar-refractivity contribution in [3.63, 3.8) is 0 Å². The molecule has 190 valence electrons. The summed E-state index contributed by atoms with van der Waals surface area (Å²) in [5.74, 6) is -0.195. The summed E-state index contributed by atoms with van der Waals surface area (Å²) in [5.41, 5.74) is 2.97. The SMILES string of the molecule is COc1cc(-c2nc(-c3ccccc3)c(NC(=O)c3ccc(F)cc3)s2)ccc1OCc1ccccc1F. The van der Waals surface area contributed by atoms with Gasteiger partial charge < -0.3 is 14.8 Å². The average Bonchev–Trinajstić information content (AvgIpc) is 3.37. The molecule has 0 aliphatic rings. The lowest BCUT2D eigenvalue weighted by atomic mass is 10.1. The molecule has 0 aliphatic heterocycles.